The summed E-state index contributed by atoms with van der Waals surface area (Å²) in [5, 5.41) is 3.84. The van der Waals surface area contributed by atoms with Gasteiger partial charge in [0.15, 0.2) is 0 Å². The smallest absolute Gasteiger partial charge is 0.140 e. The van der Waals surface area contributed by atoms with E-state index in [0.29, 0.717) is 10.9 Å². The number of nitrogens with zero attached hydrogens (tertiary/aromatic N) is 1. The third-order valence-corrected chi connectivity index (χ3v) is 3.35. The maximum absolute atomic E-state index is 5.98. The van der Waals surface area contributed by atoms with Gasteiger partial charge >= 0.3 is 0 Å². The molecule has 3 N–H and O–H groups in total. The van der Waals surface area contributed by atoms with Crippen LogP contribution in [0.4, 0.5) is 5.82 Å². The van der Waals surface area contributed by atoms with Crippen molar-refractivity contribution in [1.29, 1.82) is 0 Å². The Morgan fingerprint density at radius 3 is 3.00 bits per heavy atom. The van der Waals surface area contributed by atoms with Crippen LogP contribution in [-0.2, 0) is 0 Å². The van der Waals surface area contributed by atoms with Gasteiger partial charge in [-0.1, -0.05) is 11.6 Å². The second-order valence-corrected chi connectivity index (χ2v) is 5.16. The Hall–Kier alpha value is -0.320. The van der Waals surface area contributed by atoms with E-state index in [1.807, 2.05) is 6.07 Å². The molecule has 1 aromatic rings. The van der Waals surface area contributed by atoms with E-state index in [9.17, 15) is 0 Å². The molecule has 0 saturated heterocycles. The van der Waals surface area contributed by atoms with Crippen LogP contribution in [0.15, 0.2) is 16.7 Å². The summed E-state index contributed by atoms with van der Waals surface area (Å²) in [6, 6.07) is 2.05. The van der Waals surface area contributed by atoms with Crippen molar-refractivity contribution in [2.24, 2.45) is 11.7 Å². The predicted molar refractivity (Wildman–Crippen MR) is 66.1 cm³/mol. The highest BCUT2D eigenvalue weighted by Crippen LogP contribution is 2.32. The van der Waals surface area contributed by atoms with E-state index in [1.54, 1.807) is 6.20 Å². The average Bonchev–Trinajstić information content (AvgIpc) is 2.99. The fraction of sp³-hybridized carbons (Fsp3) is 0.500. The van der Waals surface area contributed by atoms with Crippen LogP contribution in [0.5, 0.6) is 0 Å². The summed E-state index contributed by atoms with van der Waals surface area (Å²) in [6.45, 7) is 0.762. The van der Waals surface area contributed by atoms with E-state index in [1.165, 1.54) is 12.8 Å². The van der Waals surface area contributed by atoms with Crippen LogP contribution in [0.2, 0.25) is 5.02 Å². The van der Waals surface area contributed by atoms with Gasteiger partial charge in [0.1, 0.15) is 5.82 Å². The Balaban J connectivity index is 1.92. The molecule has 82 valence electrons. The van der Waals surface area contributed by atoms with Crippen LogP contribution < -0.4 is 11.1 Å². The second kappa shape index (κ2) is 4.68. The summed E-state index contributed by atoms with van der Waals surface area (Å²) in [5.41, 5.74) is 5.98. The molecule has 5 heteroatoms. The molecule has 0 spiro atoms. The number of nitrogens with one attached hydrogen (secondary N) is 1. The standard InChI is InChI=1S/C10H13BrClN3/c11-8-3-7(12)4-14-10(8)15-5-9(13)6-1-2-6/h3-4,6,9H,1-2,5,13H2,(H,14,15). The first-order chi connectivity index (χ1) is 7.16. The molecule has 0 aromatic carbocycles. The van der Waals surface area contributed by atoms with Crippen LogP contribution in [0, 0.1) is 5.92 Å². The van der Waals surface area contributed by atoms with Crippen molar-refractivity contribution >= 4 is 33.3 Å². The second-order valence-electron chi connectivity index (χ2n) is 3.87. The topological polar surface area (TPSA) is 50.9 Å². The molecule has 1 saturated carbocycles. The van der Waals surface area contributed by atoms with E-state index in [-0.39, 0.29) is 6.04 Å². The summed E-state index contributed by atoms with van der Waals surface area (Å²) in [4.78, 5) is 4.18. The minimum absolute atomic E-state index is 0.231. The van der Waals surface area contributed by atoms with Gasteiger partial charge in [0.05, 0.1) is 9.50 Å². The first-order valence-electron chi connectivity index (χ1n) is 4.97. The molecule has 0 amide bonds. The Morgan fingerprint density at radius 1 is 1.67 bits per heavy atom. The Morgan fingerprint density at radius 2 is 2.40 bits per heavy atom. The molecule has 1 fully saturated rings. The number of hydrogen-bond acceptors (Lipinski definition) is 3. The highest BCUT2D eigenvalue weighted by molar-refractivity contribution is 9.10. The SMILES string of the molecule is NC(CNc1ncc(Cl)cc1Br)C1CC1. The van der Waals surface area contributed by atoms with E-state index in [4.69, 9.17) is 17.3 Å². The Labute approximate surface area is 103 Å². The lowest BCUT2D eigenvalue weighted by Gasteiger charge is -2.12. The van der Waals surface area contributed by atoms with Gasteiger partial charge in [-0.15, -0.1) is 0 Å². The third kappa shape index (κ3) is 3.06. The van der Waals surface area contributed by atoms with E-state index in [2.05, 4.69) is 26.2 Å². The number of aromatic nitrogens is 1. The Bertz CT molecular complexity index is 355. The normalized spacial score (nSPS) is 17.5. The van der Waals surface area contributed by atoms with Crippen LogP contribution in [-0.4, -0.2) is 17.6 Å². The molecule has 1 aliphatic carbocycles. The molecule has 0 bridgehead atoms. The quantitative estimate of drug-likeness (QED) is 0.896. The van der Waals surface area contributed by atoms with Gasteiger partial charge in [-0.25, -0.2) is 4.98 Å². The van der Waals surface area contributed by atoms with Crippen LogP contribution >= 0.6 is 27.5 Å². The fourth-order valence-electron chi connectivity index (χ4n) is 1.45. The number of hydrogen-bond donors (Lipinski definition) is 2. The summed E-state index contributed by atoms with van der Waals surface area (Å²) in [7, 11) is 0. The minimum Gasteiger partial charge on any atom is -0.368 e. The van der Waals surface area contributed by atoms with E-state index < -0.39 is 0 Å². The van der Waals surface area contributed by atoms with Crippen molar-refractivity contribution < 1.29 is 0 Å². The lowest BCUT2D eigenvalue weighted by molar-refractivity contribution is 0.620. The van der Waals surface area contributed by atoms with Gasteiger partial charge in [0, 0.05) is 18.8 Å². The molecule has 1 aromatic heterocycles. The van der Waals surface area contributed by atoms with Crippen molar-refractivity contribution in [2.45, 2.75) is 18.9 Å². The molecule has 15 heavy (non-hydrogen) atoms. The molecule has 2 rings (SSSR count). The van der Waals surface area contributed by atoms with Crippen LogP contribution in [0.1, 0.15) is 12.8 Å². The molecule has 1 atom stereocenters. The number of halogens is 2. The molecular weight excluding hydrogens is 277 g/mol. The molecule has 1 aliphatic rings. The molecule has 1 heterocycles. The van der Waals surface area contributed by atoms with E-state index >= 15 is 0 Å². The molecular formula is C10H13BrClN3. The maximum Gasteiger partial charge on any atom is 0.140 e. The zero-order valence-corrected chi connectivity index (χ0v) is 10.6. The average molecular weight is 291 g/mol. The predicted octanol–water partition coefficient (Wildman–Crippen LogP) is 2.65. The van der Waals surface area contributed by atoms with Gasteiger partial charge in [-0.3, -0.25) is 0 Å². The highest BCUT2D eigenvalue weighted by atomic mass is 79.9. The van der Waals surface area contributed by atoms with Gasteiger partial charge in [-0.05, 0) is 40.8 Å². The molecule has 0 radical (unpaired) electrons. The monoisotopic (exact) mass is 289 g/mol. The number of pyridine rings is 1. The van der Waals surface area contributed by atoms with Crippen LogP contribution in [0.3, 0.4) is 0 Å². The first kappa shape index (κ1) is 11.2. The van der Waals surface area contributed by atoms with Crippen molar-refractivity contribution in [3.8, 4) is 0 Å². The molecule has 3 nitrogen and oxygen atoms in total. The largest absolute Gasteiger partial charge is 0.368 e. The molecule has 0 aliphatic heterocycles. The maximum atomic E-state index is 5.98. The zero-order valence-electron chi connectivity index (χ0n) is 8.21. The van der Waals surface area contributed by atoms with Crippen molar-refractivity contribution in [3.63, 3.8) is 0 Å². The summed E-state index contributed by atoms with van der Waals surface area (Å²) >= 11 is 9.19. The lowest BCUT2D eigenvalue weighted by atomic mass is 10.2. The van der Waals surface area contributed by atoms with Gasteiger partial charge in [0.2, 0.25) is 0 Å². The van der Waals surface area contributed by atoms with Crippen LogP contribution in [0.25, 0.3) is 0 Å². The number of anilines is 1. The van der Waals surface area contributed by atoms with Crippen molar-refractivity contribution in [2.75, 3.05) is 11.9 Å². The highest BCUT2D eigenvalue weighted by Gasteiger charge is 2.28. The van der Waals surface area contributed by atoms with Gasteiger partial charge < -0.3 is 11.1 Å². The van der Waals surface area contributed by atoms with E-state index in [0.717, 1.165) is 16.8 Å². The van der Waals surface area contributed by atoms with Gasteiger partial charge in [0.25, 0.3) is 0 Å². The zero-order chi connectivity index (χ0) is 10.8. The van der Waals surface area contributed by atoms with Crippen molar-refractivity contribution in [1.82, 2.24) is 4.98 Å². The molecule has 1 unspecified atom stereocenters. The lowest BCUT2D eigenvalue weighted by Crippen LogP contribution is -2.31. The summed E-state index contributed by atoms with van der Waals surface area (Å²) in [5.74, 6) is 1.50. The third-order valence-electron chi connectivity index (χ3n) is 2.54. The minimum atomic E-state index is 0.231. The summed E-state index contributed by atoms with van der Waals surface area (Å²) < 4.78 is 0.873. The number of nitrogens with two attached hydrogens (primary N) is 1. The summed E-state index contributed by atoms with van der Waals surface area (Å²) in [6.07, 6.45) is 4.15. The van der Waals surface area contributed by atoms with Gasteiger partial charge in [-0.2, -0.15) is 0 Å². The fourth-order valence-corrected chi connectivity index (χ4v) is 2.23. The van der Waals surface area contributed by atoms with Crippen molar-refractivity contribution in [3.05, 3.63) is 21.8 Å². The number of rotatable bonds is 4. The first-order valence-corrected chi connectivity index (χ1v) is 6.14. The Kier molecular flexibility index (Phi) is 3.49.